The van der Waals surface area contributed by atoms with E-state index in [1.54, 1.807) is 0 Å². The lowest BCUT2D eigenvalue weighted by atomic mass is 10.1. The molecule has 0 aromatic heterocycles. The Labute approximate surface area is 122 Å². The number of hydrogen-bond donors (Lipinski definition) is 1. The van der Waals surface area contributed by atoms with Gasteiger partial charge in [-0.15, -0.1) is 0 Å². The van der Waals surface area contributed by atoms with Crippen LogP contribution in [-0.2, 0) is 11.2 Å². The quantitative estimate of drug-likeness (QED) is 0.865. The molecule has 1 fully saturated rings. The van der Waals surface area contributed by atoms with Gasteiger partial charge in [0.1, 0.15) is 0 Å². The SMILES string of the molecule is C[C@H](CC(=O)NCCc1ccccc1)N1CCCCC1. The second kappa shape index (κ2) is 8.05. The average Bonchev–Trinajstić information content (AvgIpc) is 2.49. The van der Waals surface area contributed by atoms with E-state index in [4.69, 9.17) is 0 Å². The fraction of sp³-hybridized carbons (Fsp3) is 0.588. The van der Waals surface area contributed by atoms with Crippen molar-refractivity contribution in [3.63, 3.8) is 0 Å². The third-order valence-electron chi connectivity index (χ3n) is 4.07. The van der Waals surface area contributed by atoms with Gasteiger partial charge in [-0.1, -0.05) is 36.8 Å². The topological polar surface area (TPSA) is 32.3 Å². The molecule has 0 spiro atoms. The van der Waals surface area contributed by atoms with E-state index in [0.717, 1.165) is 26.1 Å². The van der Waals surface area contributed by atoms with Crippen molar-refractivity contribution < 1.29 is 4.79 Å². The largest absolute Gasteiger partial charge is 0.356 e. The minimum atomic E-state index is 0.180. The molecule has 0 radical (unpaired) electrons. The third-order valence-corrected chi connectivity index (χ3v) is 4.07. The highest BCUT2D eigenvalue weighted by atomic mass is 16.1. The maximum Gasteiger partial charge on any atom is 0.221 e. The summed E-state index contributed by atoms with van der Waals surface area (Å²) in [7, 11) is 0. The Balaban J connectivity index is 1.64. The van der Waals surface area contributed by atoms with E-state index < -0.39 is 0 Å². The van der Waals surface area contributed by atoms with Crippen LogP contribution < -0.4 is 5.32 Å². The second-order valence-electron chi connectivity index (χ2n) is 5.74. The highest BCUT2D eigenvalue weighted by molar-refractivity contribution is 5.76. The van der Waals surface area contributed by atoms with Crippen LogP contribution in [0.1, 0.15) is 38.2 Å². The van der Waals surface area contributed by atoms with Gasteiger partial charge in [-0.05, 0) is 44.8 Å². The van der Waals surface area contributed by atoms with Crippen LogP contribution in [0.25, 0.3) is 0 Å². The lowest BCUT2D eigenvalue weighted by Crippen LogP contribution is -2.40. The summed E-state index contributed by atoms with van der Waals surface area (Å²) in [6.45, 7) is 5.20. The Bertz CT molecular complexity index is 399. The number of amides is 1. The van der Waals surface area contributed by atoms with Crippen molar-refractivity contribution in [1.82, 2.24) is 10.2 Å². The predicted octanol–water partition coefficient (Wildman–Crippen LogP) is 2.61. The van der Waals surface area contributed by atoms with Crippen LogP contribution in [0.5, 0.6) is 0 Å². The number of nitrogens with zero attached hydrogens (tertiary/aromatic N) is 1. The maximum atomic E-state index is 11.9. The van der Waals surface area contributed by atoms with E-state index in [1.165, 1.54) is 24.8 Å². The van der Waals surface area contributed by atoms with Crippen molar-refractivity contribution in [3.8, 4) is 0 Å². The monoisotopic (exact) mass is 274 g/mol. The minimum absolute atomic E-state index is 0.180. The maximum absolute atomic E-state index is 11.9. The lowest BCUT2D eigenvalue weighted by molar-refractivity contribution is -0.122. The average molecular weight is 274 g/mol. The van der Waals surface area contributed by atoms with Crippen LogP contribution >= 0.6 is 0 Å². The van der Waals surface area contributed by atoms with Gasteiger partial charge in [0.05, 0.1) is 0 Å². The molecule has 1 aromatic carbocycles. The van der Waals surface area contributed by atoms with Gasteiger partial charge in [-0.3, -0.25) is 4.79 Å². The summed E-state index contributed by atoms with van der Waals surface area (Å²) >= 11 is 0. The van der Waals surface area contributed by atoms with E-state index in [-0.39, 0.29) is 5.91 Å². The molecule has 1 amide bonds. The molecule has 0 bridgehead atoms. The van der Waals surface area contributed by atoms with Crippen LogP contribution in [0.3, 0.4) is 0 Å². The molecule has 1 aliphatic heterocycles. The summed E-state index contributed by atoms with van der Waals surface area (Å²) in [6, 6.07) is 10.7. The van der Waals surface area contributed by atoms with Gasteiger partial charge in [0, 0.05) is 19.0 Å². The summed E-state index contributed by atoms with van der Waals surface area (Å²) in [5.41, 5.74) is 1.27. The number of nitrogens with one attached hydrogen (secondary N) is 1. The Morgan fingerprint density at radius 2 is 1.90 bits per heavy atom. The molecule has 1 aromatic rings. The number of benzene rings is 1. The Hall–Kier alpha value is -1.35. The van der Waals surface area contributed by atoms with Gasteiger partial charge < -0.3 is 10.2 Å². The first kappa shape index (κ1) is 15.0. The smallest absolute Gasteiger partial charge is 0.221 e. The van der Waals surface area contributed by atoms with Crippen molar-refractivity contribution in [3.05, 3.63) is 35.9 Å². The van der Waals surface area contributed by atoms with Crippen LogP contribution in [0.4, 0.5) is 0 Å². The molecule has 1 atom stereocenters. The Morgan fingerprint density at radius 3 is 2.60 bits per heavy atom. The number of piperidine rings is 1. The van der Waals surface area contributed by atoms with E-state index >= 15 is 0 Å². The fourth-order valence-corrected chi connectivity index (χ4v) is 2.82. The normalized spacial score (nSPS) is 17.6. The Morgan fingerprint density at radius 1 is 1.20 bits per heavy atom. The summed E-state index contributed by atoms with van der Waals surface area (Å²) in [5.74, 6) is 0.180. The first-order valence-electron chi connectivity index (χ1n) is 7.80. The van der Waals surface area contributed by atoms with Crippen LogP contribution in [-0.4, -0.2) is 36.5 Å². The second-order valence-corrected chi connectivity index (χ2v) is 5.74. The molecule has 0 aliphatic carbocycles. The molecule has 1 aliphatic rings. The number of hydrogen-bond acceptors (Lipinski definition) is 2. The first-order chi connectivity index (χ1) is 9.75. The van der Waals surface area contributed by atoms with Crippen molar-refractivity contribution in [1.29, 1.82) is 0 Å². The number of rotatable bonds is 6. The van der Waals surface area contributed by atoms with Gasteiger partial charge in [0.25, 0.3) is 0 Å². The predicted molar refractivity (Wildman–Crippen MR) is 82.7 cm³/mol. The molecular formula is C17H26N2O. The number of carbonyl (C=O) groups excluding carboxylic acids is 1. The van der Waals surface area contributed by atoms with Gasteiger partial charge in [-0.25, -0.2) is 0 Å². The van der Waals surface area contributed by atoms with E-state index in [2.05, 4.69) is 29.3 Å². The molecular weight excluding hydrogens is 248 g/mol. The van der Waals surface area contributed by atoms with Crippen LogP contribution in [0.2, 0.25) is 0 Å². The summed E-state index contributed by atoms with van der Waals surface area (Å²) < 4.78 is 0. The van der Waals surface area contributed by atoms with Crippen LogP contribution in [0.15, 0.2) is 30.3 Å². The van der Waals surface area contributed by atoms with Gasteiger partial charge in [-0.2, -0.15) is 0 Å². The van der Waals surface area contributed by atoms with Gasteiger partial charge >= 0.3 is 0 Å². The first-order valence-corrected chi connectivity index (χ1v) is 7.80. The molecule has 20 heavy (non-hydrogen) atoms. The number of likely N-dealkylation sites (tertiary alicyclic amines) is 1. The zero-order chi connectivity index (χ0) is 14.2. The fourth-order valence-electron chi connectivity index (χ4n) is 2.82. The molecule has 0 unspecified atom stereocenters. The lowest BCUT2D eigenvalue weighted by Gasteiger charge is -2.31. The van der Waals surface area contributed by atoms with E-state index in [9.17, 15) is 4.79 Å². The summed E-state index contributed by atoms with van der Waals surface area (Å²) in [5, 5.41) is 3.04. The van der Waals surface area contributed by atoms with Crippen molar-refractivity contribution >= 4 is 5.91 Å². The van der Waals surface area contributed by atoms with E-state index in [1.807, 2.05) is 18.2 Å². The van der Waals surface area contributed by atoms with Crippen molar-refractivity contribution in [2.75, 3.05) is 19.6 Å². The molecule has 1 heterocycles. The van der Waals surface area contributed by atoms with Crippen molar-refractivity contribution in [2.45, 2.75) is 45.1 Å². The van der Waals surface area contributed by atoms with Crippen molar-refractivity contribution in [2.24, 2.45) is 0 Å². The molecule has 0 saturated carbocycles. The summed E-state index contributed by atoms with van der Waals surface area (Å²) in [4.78, 5) is 14.4. The third kappa shape index (κ3) is 4.97. The molecule has 3 nitrogen and oxygen atoms in total. The van der Waals surface area contributed by atoms with E-state index in [0.29, 0.717) is 12.5 Å². The van der Waals surface area contributed by atoms with Gasteiger partial charge in [0.2, 0.25) is 5.91 Å². The van der Waals surface area contributed by atoms with Gasteiger partial charge in [0.15, 0.2) is 0 Å². The zero-order valence-electron chi connectivity index (χ0n) is 12.5. The molecule has 2 rings (SSSR count). The summed E-state index contributed by atoms with van der Waals surface area (Å²) in [6.07, 6.45) is 5.42. The molecule has 3 heteroatoms. The highest BCUT2D eigenvalue weighted by Gasteiger charge is 2.18. The molecule has 1 saturated heterocycles. The standard InChI is InChI=1S/C17H26N2O/c1-15(19-12-6-3-7-13-19)14-17(20)18-11-10-16-8-4-2-5-9-16/h2,4-5,8-9,15H,3,6-7,10-14H2,1H3,(H,18,20)/t15-/m1/s1. The molecule has 1 N–H and O–H groups in total. The van der Waals surface area contributed by atoms with Crippen LogP contribution in [0, 0.1) is 0 Å². The molecule has 110 valence electrons. The highest BCUT2D eigenvalue weighted by Crippen LogP contribution is 2.13. The Kier molecular flexibility index (Phi) is 6.06. The zero-order valence-corrected chi connectivity index (χ0v) is 12.5. The minimum Gasteiger partial charge on any atom is -0.356 e. The number of carbonyl (C=O) groups is 1.